The minimum Gasteiger partial charge on any atom is -0.477 e. The number of halogens is 2. The number of anilines is 2. The van der Waals surface area contributed by atoms with Crippen LogP contribution in [0, 0.1) is 15.9 Å². The van der Waals surface area contributed by atoms with Crippen LogP contribution in [0.2, 0.25) is 5.02 Å². The fraction of sp³-hybridized carbons (Fsp3) is 0. The quantitative estimate of drug-likeness (QED) is 0.663. The largest absolute Gasteiger partial charge is 0.477 e. The van der Waals surface area contributed by atoms with Gasteiger partial charge in [-0.1, -0.05) is 11.6 Å². The number of carbonyl (C=O) groups is 1. The molecule has 108 valence electrons. The summed E-state index contributed by atoms with van der Waals surface area (Å²) in [6.07, 6.45) is 0.791. The summed E-state index contributed by atoms with van der Waals surface area (Å²) >= 11 is 5.61. The van der Waals surface area contributed by atoms with Gasteiger partial charge in [0, 0.05) is 11.1 Å². The van der Waals surface area contributed by atoms with Crippen molar-refractivity contribution in [3.8, 4) is 0 Å². The minimum atomic E-state index is -1.48. The van der Waals surface area contributed by atoms with E-state index in [1.165, 1.54) is 12.1 Å². The maximum absolute atomic E-state index is 13.6. The molecule has 0 atom stereocenters. The van der Waals surface area contributed by atoms with Crippen LogP contribution in [-0.4, -0.2) is 21.0 Å². The number of nitro groups is 1. The Morgan fingerprint density at radius 3 is 2.71 bits per heavy atom. The molecule has 9 heteroatoms. The van der Waals surface area contributed by atoms with Crippen molar-refractivity contribution in [2.24, 2.45) is 0 Å². The second kappa shape index (κ2) is 5.71. The fourth-order valence-electron chi connectivity index (χ4n) is 1.56. The van der Waals surface area contributed by atoms with Crippen molar-refractivity contribution in [2.75, 3.05) is 5.32 Å². The van der Waals surface area contributed by atoms with Crippen molar-refractivity contribution in [3.05, 3.63) is 57.0 Å². The molecule has 0 saturated heterocycles. The molecule has 0 unspecified atom stereocenters. The maximum atomic E-state index is 13.6. The average molecular weight is 312 g/mol. The molecule has 1 heterocycles. The Hall–Kier alpha value is -2.74. The van der Waals surface area contributed by atoms with Gasteiger partial charge in [-0.05, 0) is 18.2 Å². The highest BCUT2D eigenvalue weighted by atomic mass is 35.5. The summed E-state index contributed by atoms with van der Waals surface area (Å²) in [5.41, 5.74) is -1.19. The highest BCUT2D eigenvalue weighted by Crippen LogP contribution is 2.25. The van der Waals surface area contributed by atoms with Gasteiger partial charge in [-0.25, -0.2) is 14.2 Å². The molecule has 0 aliphatic heterocycles. The number of rotatable bonds is 4. The Morgan fingerprint density at radius 2 is 2.14 bits per heavy atom. The molecular formula is C12H7ClFN3O4. The number of carboxylic acid groups (broad SMARTS) is 1. The van der Waals surface area contributed by atoms with E-state index in [2.05, 4.69) is 10.3 Å². The van der Waals surface area contributed by atoms with E-state index >= 15 is 0 Å². The van der Waals surface area contributed by atoms with Crippen molar-refractivity contribution in [2.45, 2.75) is 0 Å². The first kappa shape index (κ1) is 14.7. The lowest BCUT2D eigenvalue weighted by molar-refractivity contribution is -0.385. The zero-order chi connectivity index (χ0) is 15.6. The standard InChI is InChI=1S/C12H7ClFN3O4/c13-6-1-2-9(8(14)3-6)16-11-4-7(12(18)19)10(5-15-11)17(20)21/h1-5H,(H,15,16)(H,18,19). The van der Waals surface area contributed by atoms with E-state index < -0.39 is 28.0 Å². The molecular weight excluding hydrogens is 305 g/mol. The van der Waals surface area contributed by atoms with Crippen LogP contribution < -0.4 is 5.32 Å². The summed E-state index contributed by atoms with van der Waals surface area (Å²) in [7, 11) is 0. The molecule has 2 N–H and O–H groups in total. The van der Waals surface area contributed by atoms with Gasteiger partial charge in [-0.3, -0.25) is 10.1 Å². The van der Waals surface area contributed by atoms with Gasteiger partial charge >= 0.3 is 11.7 Å². The van der Waals surface area contributed by atoms with Crippen LogP contribution in [0.25, 0.3) is 0 Å². The molecule has 0 saturated carbocycles. The van der Waals surface area contributed by atoms with E-state index in [4.69, 9.17) is 16.7 Å². The van der Waals surface area contributed by atoms with Gasteiger partial charge in [0.05, 0.1) is 10.6 Å². The maximum Gasteiger partial charge on any atom is 0.342 e. The second-order valence-corrected chi connectivity index (χ2v) is 4.33. The van der Waals surface area contributed by atoms with E-state index in [-0.39, 0.29) is 16.5 Å². The van der Waals surface area contributed by atoms with E-state index in [0.29, 0.717) is 0 Å². The summed E-state index contributed by atoms with van der Waals surface area (Å²) in [5, 5.41) is 22.4. The Bertz CT molecular complexity index is 738. The first-order valence-electron chi connectivity index (χ1n) is 5.48. The summed E-state index contributed by atoms with van der Waals surface area (Å²) in [5.74, 6) is -2.19. The number of nitrogens with zero attached hydrogens (tertiary/aromatic N) is 2. The molecule has 21 heavy (non-hydrogen) atoms. The average Bonchev–Trinajstić information content (AvgIpc) is 2.41. The van der Waals surface area contributed by atoms with Crippen LogP contribution in [0.15, 0.2) is 30.5 Å². The summed E-state index contributed by atoms with van der Waals surface area (Å²) in [4.78, 5) is 24.5. The van der Waals surface area contributed by atoms with E-state index in [1.54, 1.807) is 0 Å². The van der Waals surface area contributed by atoms with Gasteiger partial charge in [-0.15, -0.1) is 0 Å². The fourth-order valence-corrected chi connectivity index (χ4v) is 1.72. The lowest BCUT2D eigenvalue weighted by Crippen LogP contribution is -2.05. The van der Waals surface area contributed by atoms with Crippen LogP contribution in [0.1, 0.15) is 10.4 Å². The SMILES string of the molecule is O=C(O)c1cc(Nc2ccc(Cl)cc2F)ncc1[N+](=O)[O-]. The van der Waals surface area contributed by atoms with Crippen LogP contribution in [0.4, 0.5) is 21.6 Å². The minimum absolute atomic E-state index is 0.0112. The third-order valence-electron chi connectivity index (χ3n) is 2.50. The van der Waals surface area contributed by atoms with Crippen molar-refractivity contribution < 1.29 is 19.2 Å². The van der Waals surface area contributed by atoms with E-state index in [0.717, 1.165) is 18.3 Å². The molecule has 0 amide bonds. The molecule has 7 nitrogen and oxygen atoms in total. The van der Waals surface area contributed by atoms with Crippen molar-refractivity contribution in [1.82, 2.24) is 4.98 Å². The Kier molecular flexibility index (Phi) is 3.99. The van der Waals surface area contributed by atoms with Crippen LogP contribution in [-0.2, 0) is 0 Å². The third kappa shape index (κ3) is 3.23. The summed E-state index contributed by atoms with van der Waals surface area (Å²) in [6.45, 7) is 0. The highest BCUT2D eigenvalue weighted by Gasteiger charge is 2.21. The van der Waals surface area contributed by atoms with Crippen LogP contribution in [0.5, 0.6) is 0 Å². The molecule has 0 aliphatic carbocycles. The van der Waals surface area contributed by atoms with Crippen LogP contribution in [0.3, 0.4) is 0 Å². The predicted octanol–water partition coefficient (Wildman–Crippen LogP) is 3.22. The first-order valence-corrected chi connectivity index (χ1v) is 5.86. The normalized spacial score (nSPS) is 10.2. The second-order valence-electron chi connectivity index (χ2n) is 3.90. The molecule has 0 radical (unpaired) electrons. The molecule has 0 bridgehead atoms. The van der Waals surface area contributed by atoms with Gasteiger partial charge in [0.1, 0.15) is 23.4 Å². The number of benzene rings is 1. The van der Waals surface area contributed by atoms with Crippen molar-refractivity contribution >= 4 is 34.8 Å². The zero-order valence-corrected chi connectivity index (χ0v) is 11.0. The lowest BCUT2D eigenvalue weighted by atomic mass is 10.2. The third-order valence-corrected chi connectivity index (χ3v) is 2.74. The Labute approximate surface area is 122 Å². The van der Waals surface area contributed by atoms with Gasteiger partial charge in [0.15, 0.2) is 0 Å². The topological polar surface area (TPSA) is 105 Å². The predicted molar refractivity (Wildman–Crippen MR) is 72.5 cm³/mol. The molecule has 0 spiro atoms. The smallest absolute Gasteiger partial charge is 0.342 e. The number of hydrogen-bond donors (Lipinski definition) is 2. The van der Waals surface area contributed by atoms with Gasteiger partial charge in [-0.2, -0.15) is 0 Å². The number of aromatic nitrogens is 1. The number of aromatic carboxylic acids is 1. The Morgan fingerprint density at radius 1 is 1.43 bits per heavy atom. The van der Waals surface area contributed by atoms with Crippen LogP contribution >= 0.6 is 11.6 Å². The van der Waals surface area contributed by atoms with Crippen molar-refractivity contribution in [1.29, 1.82) is 0 Å². The number of pyridine rings is 1. The molecule has 2 aromatic rings. The molecule has 0 fully saturated rings. The first-order chi connectivity index (χ1) is 9.88. The highest BCUT2D eigenvalue weighted by molar-refractivity contribution is 6.30. The number of carboxylic acids is 1. The lowest BCUT2D eigenvalue weighted by Gasteiger charge is -2.07. The summed E-state index contributed by atoms with van der Waals surface area (Å²) in [6, 6.07) is 4.78. The van der Waals surface area contributed by atoms with Gasteiger partial charge in [0.25, 0.3) is 0 Å². The number of nitrogens with one attached hydrogen (secondary N) is 1. The van der Waals surface area contributed by atoms with E-state index in [9.17, 15) is 19.3 Å². The Balaban J connectivity index is 2.39. The van der Waals surface area contributed by atoms with Gasteiger partial charge < -0.3 is 10.4 Å². The molecule has 2 rings (SSSR count). The number of hydrogen-bond acceptors (Lipinski definition) is 5. The van der Waals surface area contributed by atoms with Gasteiger partial charge in [0.2, 0.25) is 0 Å². The van der Waals surface area contributed by atoms with Crippen molar-refractivity contribution in [3.63, 3.8) is 0 Å². The summed E-state index contributed by atoms with van der Waals surface area (Å²) < 4.78 is 13.6. The zero-order valence-electron chi connectivity index (χ0n) is 10.2. The molecule has 1 aromatic carbocycles. The monoisotopic (exact) mass is 311 g/mol. The molecule has 1 aromatic heterocycles. The molecule has 0 aliphatic rings. The van der Waals surface area contributed by atoms with E-state index in [1.807, 2.05) is 0 Å².